The number of alkyl halides is 3. The number of rotatable bonds is 2. The SMILES string of the molecule is COc1ccc2[nH]c3c(c2c1)CCNC3c1ccccc1C(F)(F)F. The second kappa shape index (κ2) is 5.81. The van der Waals surface area contributed by atoms with E-state index in [-0.39, 0.29) is 5.56 Å². The second-order valence-electron chi connectivity index (χ2n) is 6.15. The summed E-state index contributed by atoms with van der Waals surface area (Å²) in [6, 6.07) is 10.9. The minimum atomic E-state index is -4.38. The minimum absolute atomic E-state index is 0.245. The van der Waals surface area contributed by atoms with E-state index in [1.165, 1.54) is 6.07 Å². The highest BCUT2D eigenvalue weighted by molar-refractivity contribution is 5.86. The van der Waals surface area contributed by atoms with Crippen LogP contribution in [0, 0.1) is 0 Å². The normalized spacial score (nSPS) is 17.5. The third-order valence-electron chi connectivity index (χ3n) is 4.74. The lowest BCUT2D eigenvalue weighted by molar-refractivity contribution is -0.138. The number of ether oxygens (including phenoxy) is 1. The molecule has 0 fully saturated rings. The molecule has 0 saturated carbocycles. The fourth-order valence-corrected chi connectivity index (χ4v) is 3.61. The highest BCUT2D eigenvalue weighted by atomic mass is 19.4. The number of fused-ring (bicyclic) bond motifs is 3. The summed E-state index contributed by atoms with van der Waals surface area (Å²) >= 11 is 0. The molecule has 6 heteroatoms. The van der Waals surface area contributed by atoms with Gasteiger partial charge >= 0.3 is 6.18 Å². The van der Waals surface area contributed by atoms with Crippen molar-refractivity contribution in [3.8, 4) is 5.75 Å². The predicted molar refractivity (Wildman–Crippen MR) is 89.8 cm³/mol. The van der Waals surface area contributed by atoms with Gasteiger partial charge in [0.2, 0.25) is 0 Å². The Morgan fingerprint density at radius 2 is 1.92 bits per heavy atom. The highest BCUT2D eigenvalue weighted by Crippen LogP contribution is 2.40. The molecule has 4 rings (SSSR count). The molecular formula is C19H17F3N2O. The van der Waals surface area contributed by atoms with E-state index in [2.05, 4.69) is 10.3 Å². The molecule has 2 heterocycles. The first kappa shape index (κ1) is 16.0. The Hall–Kier alpha value is -2.47. The lowest BCUT2D eigenvalue weighted by Crippen LogP contribution is -2.32. The fraction of sp³-hybridized carbons (Fsp3) is 0.263. The van der Waals surface area contributed by atoms with Crippen LogP contribution in [0.2, 0.25) is 0 Å². The topological polar surface area (TPSA) is 37.0 Å². The van der Waals surface area contributed by atoms with E-state index in [1.54, 1.807) is 19.2 Å². The molecule has 25 heavy (non-hydrogen) atoms. The van der Waals surface area contributed by atoms with Crippen molar-refractivity contribution >= 4 is 10.9 Å². The molecule has 130 valence electrons. The average Bonchev–Trinajstić information content (AvgIpc) is 2.98. The summed E-state index contributed by atoms with van der Waals surface area (Å²) in [5.41, 5.74) is 2.40. The molecule has 3 nitrogen and oxygen atoms in total. The van der Waals surface area contributed by atoms with Crippen LogP contribution in [0.5, 0.6) is 5.75 Å². The van der Waals surface area contributed by atoms with Gasteiger partial charge in [-0.2, -0.15) is 13.2 Å². The standard InChI is InChI=1S/C19H17F3N2O/c1-25-11-6-7-16-14(10-11)12-8-9-23-17(18(12)24-16)13-4-2-3-5-15(13)19(20,21)22/h2-7,10,17,23-24H,8-9H2,1H3. The molecular weight excluding hydrogens is 329 g/mol. The molecule has 0 radical (unpaired) electrons. The quantitative estimate of drug-likeness (QED) is 0.720. The van der Waals surface area contributed by atoms with Crippen molar-refractivity contribution in [2.45, 2.75) is 18.6 Å². The number of hydrogen-bond donors (Lipinski definition) is 2. The zero-order valence-corrected chi connectivity index (χ0v) is 13.6. The van der Waals surface area contributed by atoms with Crippen molar-refractivity contribution in [3.05, 3.63) is 64.8 Å². The van der Waals surface area contributed by atoms with Gasteiger partial charge in [0.1, 0.15) is 5.75 Å². The van der Waals surface area contributed by atoms with Gasteiger partial charge < -0.3 is 15.0 Å². The van der Waals surface area contributed by atoms with Crippen LogP contribution in [-0.2, 0) is 12.6 Å². The summed E-state index contributed by atoms with van der Waals surface area (Å²) in [7, 11) is 1.60. The van der Waals surface area contributed by atoms with Crippen molar-refractivity contribution in [3.63, 3.8) is 0 Å². The van der Waals surface area contributed by atoms with Crippen LogP contribution >= 0.6 is 0 Å². The van der Waals surface area contributed by atoms with E-state index >= 15 is 0 Å². The summed E-state index contributed by atoms with van der Waals surface area (Å²) in [6.45, 7) is 0.619. The van der Waals surface area contributed by atoms with E-state index in [9.17, 15) is 13.2 Å². The Balaban J connectivity index is 1.89. The number of halogens is 3. The monoisotopic (exact) mass is 346 g/mol. The van der Waals surface area contributed by atoms with Crippen LogP contribution in [-0.4, -0.2) is 18.6 Å². The Morgan fingerprint density at radius 3 is 2.68 bits per heavy atom. The van der Waals surface area contributed by atoms with Crippen molar-refractivity contribution in [1.29, 1.82) is 0 Å². The molecule has 0 spiro atoms. The first-order valence-corrected chi connectivity index (χ1v) is 8.07. The Kier molecular flexibility index (Phi) is 3.72. The molecule has 1 aliphatic heterocycles. The lowest BCUT2D eigenvalue weighted by atomic mass is 9.91. The first-order valence-electron chi connectivity index (χ1n) is 8.07. The maximum Gasteiger partial charge on any atom is 0.416 e. The molecule has 1 unspecified atom stereocenters. The number of aromatic nitrogens is 1. The molecule has 0 saturated heterocycles. The number of hydrogen-bond acceptors (Lipinski definition) is 2. The van der Waals surface area contributed by atoms with E-state index in [0.29, 0.717) is 6.54 Å². The Bertz CT molecular complexity index is 930. The lowest BCUT2D eigenvalue weighted by Gasteiger charge is -2.27. The van der Waals surface area contributed by atoms with Gasteiger partial charge in [0.25, 0.3) is 0 Å². The number of methoxy groups -OCH3 is 1. The zero-order chi connectivity index (χ0) is 17.6. The number of benzene rings is 2. The van der Waals surface area contributed by atoms with Gasteiger partial charge in [0.05, 0.1) is 18.7 Å². The van der Waals surface area contributed by atoms with Crippen LogP contribution in [0.25, 0.3) is 10.9 Å². The van der Waals surface area contributed by atoms with Gasteiger partial charge in [-0.05, 0) is 41.8 Å². The first-order chi connectivity index (χ1) is 12.0. The number of nitrogens with one attached hydrogen (secondary N) is 2. The summed E-state index contributed by atoms with van der Waals surface area (Å²) in [5, 5.41) is 4.24. The zero-order valence-electron chi connectivity index (χ0n) is 13.6. The molecule has 3 aromatic rings. The van der Waals surface area contributed by atoms with Gasteiger partial charge in [-0.1, -0.05) is 18.2 Å². The maximum absolute atomic E-state index is 13.4. The largest absolute Gasteiger partial charge is 0.497 e. The summed E-state index contributed by atoms with van der Waals surface area (Å²) in [6.07, 6.45) is -3.63. The van der Waals surface area contributed by atoms with Crippen molar-refractivity contribution in [2.75, 3.05) is 13.7 Å². The maximum atomic E-state index is 13.4. The van der Waals surface area contributed by atoms with E-state index in [1.807, 2.05) is 18.2 Å². The number of aromatic amines is 1. The average molecular weight is 346 g/mol. The Labute approximate surface area is 142 Å². The molecule has 2 aromatic carbocycles. The van der Waals surface area contributed by atoms with Gasteiger partial charge in [-0.3, -0.25) is 0 Å². The van der Waals surface area contributed by atoms with Crippen LogP contribution in [0.3, 0.4) is 0 Å². The van der Waals surface area contributed by atoms with Gasteiger partial charge in [0.15, 0.2) is 0 Å². The molecule has 1 aromatic heterocycles. The highest BCUT2D eigenvalue weighted by Gasteiger charge is 2.37. The minimum Gasteiger partial charge on any atom is -0.497 e. The Morgan fingerprint density at radius 1 is 1.12 bits per heavy atom. The van der Waals surface area contributed by atoms with Crippen LogP contribution in [0.1, 0.15) is 28.4 Å². The van der Waals surface area contributed by atoms with E-state index in [4.69, 9.17) is 4.74 Å². The van der Waals surface area contributed by atoms with Crippen LogP contribution in [0.4, 0.5) is 13.2 Å². The summed E-state index contributed by atoms with van der Waals surface area (Å²) in [4.78, 5) is 3.31. The fourth-order valence-electron chi connectivity index (χ4n) is 3.61. The van der Waals surface area contributed by atoms with Gasteiger partial charge in [-0.25, -0.2) is 0 Å². The third kappa shape index (κ3) is 2.66. The predicted octanol–water partition coefficient (Wildman–Crippen LogP) is 4.43. The molecule has 0 aliphatic carbocycles. The van der Waals surface area contributed by atoms with Gasteiger partial charge in [0, 0.05) is 23.1 Å². The second-order valence-corrected chi connectivity index (χ2v) is 6.15. The molecule has 0 amide bonds. The van der Waals surface area contributed by atoms with Crippen molar-refractivity contribution in [2.24, 2.45) is 0 Å². The molecule has 2 N–H and O–H groups in total. The smallest absolute Gasteiger partial charge is 0.416 e. The van der Waals surface area contributed by atoms with Crippen LogP contribution in [0.15, 0.2) is 42.5 Å². The van der Waals surface area contributed by atoms with Crippen LogP contribution < -0.4 is 10.1 Å². The molecule has 0 bridgehead atoms. The number of H-pyrrole nitrogens is 1. The van der Waals surface area contributed by atoms with E-state index < -0.39 is 17.8 Å². The van der Waals surface area contributed by atoms with Crippen molar-refractivity contribution in [1.82, 2.24) is 10.3 Å². The van der Waals surface area contributed by atoms with E-state index in [0.717, 1.165) is 40.4 Å². The molecule has 1 aliphatic rings. The third-order valence-corrected chi connectivity index (χ3v) is 4.74. The van der Waals surface area contributed by atoms with Gasteiger partial charge in [-0.15, -0.1) is 0 Å². The molecule has 1 atom stereocenters. The summed E-state index contributed by atoms with van der Waals surface area (Å²) in [5.74, 6) is 0.736. The van der Waals surface area contributed by atoms with Crippen molar-refractivity contribution < 1.29 is 17.9 Å². The summed E-state index contributed by atoms with van der Waals surface area (Å²) < 4.78 is 45.6.